The second-order valence-corrected chi connectivity index (χ2v) is 11.4. The Hall–Kier alpha value is -2.48. The van der Waals surface area contributed by atoms with Gasteiger partial charge in [0.15, 0.2) is 17.3 Å². The van der Waals surface area contributed by atoms with E-state index in [4.69, 9.17) is 4.74 Å². The molecule has 0 spiro atoms. The molecule has 5 nitrogen and oxygen atoms in total. The summed E-state index contributed by atoms with van der Waals surface area (Å²) in [5, 5.41) is 7.55. The van der Waals surface area contributed by atoms with Crippen LogP contribution in [-0.4, -0.2) is 28.3 Å². The van der Waals surface area contributed by atoms with Gasteiger partial charge in [-0.05, 0) is 60.6 Å². The van der Waals surface area contributed by atoms with Crippen molar-refractivity contribution in [3.63, 3.8) is 0 Å². The number of allylic oxidation sites excluding steroid dienone is 2. The number of carbonyl (C=O) groups excluding carboxylic acids is 1. The van der Waals surface area contributed by atoms with E-state index in [1.54, 1.807) is 0 Å². The molecular weight excluding hydrogens is 504 g/mol. The van der Waals surface area contributed by atoms with Gasteiger partial charge >= 0.3 is 0 Å². The first-order valence-corrected chi connectivity index (χ1v) is 12.6. The molecule has 34 heavy (non-hydrogen) atoms. The van der Waals surface area contributed by atoms with E-state index in [-0.39, 0.29) is 29.3 Å². The maximum Gasteiger partial charge on any atom is 0.275 e. The Morgan fingerprint density at radius 1 is 1.32 bits per heavy atom. The Kier molecular flexibility index (Phi) is 5.03. The fraction of sp³-hybridized carbons (Fsp3) is 0.462. The number of fused-ring (bicyclic) bond motifs is 5. The highest BCUT2D eigenvalue weighted by atomic mass is 79.9. The summed E-state index contributed by atoms with van der Waals surface area (Å²) in [7, 11) is 0. The summed E-state index contributed by atoms with van der Waals surface area (Å²) in [4.78, 5) is 13.3. The molecule has 5 aliphatic rings. The zero-order valence-electron chi connectivity index (χ0n) is 19.0. The smallest absolute Gasteiger partial charge is 0.275 e. The predicted octanol–water partition coefficient (Wildman–Crippen LogP) is 5.65. The van der Waals surface area contributed by atoms with E-state index in [1.165, 1.54) is 29.7 Å². The maximum absolute atomic E-state index is 14.7. The van der Waals surface area contributed by atoms with E-state index in [0.717, 1.165) is 22.9 Å². The summed E-state index contributed by atoms with van der Waals surface area (Å²) in [5.41, 5.74) is 1.14. The maximum atomic E-state index is 14.7. The molecule has 2 heterocycles. The predicted molar refractivity (Wildman–Crippen MR) is 127 cm³/mol. The molecule has 2 bridgehead atoms. The monoisotopic (exact) mass is 529 g/mol. The number of carbonyl (C=O) groups is 1. The lowest BCUT2D eigenvalue weighted by Gasteiger charge is -2.60. The number of aromatic nitrogens is 2. The molecule has 2 aromatic rings. The molecule has 0 saturated heterocycles. The van der Waals surface area contributed by atoms with Crippen molar-refractivity contribution in [1.29, 1.82) is 0 Å². The number of halogens is 3. The van der Waals surface area contributed by atoms with Crippen LogP contribution in [0.2, 0.25) is 0 Å². The average Bonchev–Trinajstić information content (AvgIpc) is 3.34. The molecular formula is C26H26BrF2N3O2. The number of nitrogens with one attached hydrogen (secondary N) is 1. The van der Waals surface area contributed by atoms with Crippen LogP contribution in [-0.2, 0) is 0 Å². The van der Waals surface area contributed by atoms with Crippen molar-refractivity contribution >= 4 is 21.8 Å². The van der Waals surface area contributed by atoms with Crippen LogP contribution in [0.4, 0.5) is 8.78 Å². The zero-order chi connectivity index (χ0) is 23.8. The first kappa shape index (κ1) is 22.0. The molecule has 1 aromatic heterocycles. The largest absolute Gasteiger partial charge is 0.481 e. The summed E-state index contributed by atoms with van der Waals surface area (Å²) in [6.45, 7) is 5.26. The van der Waals surface area contributed by atoms with Gasteiger partial charge in [-0.25, -0.2) is 13.5 Å². The van der Waals surface area contributed by atoms with E-state index in [2.05, 4.69) is 40.2 Å². The minimum Gasteiger partial charge on any atom is -0.481 e. The number of hydrogen-bond acceptors (Lipinski definition) is 3. The topological polar surface area (TPSA) is 56.2 Å². The summed E-state index contributed by atoms with van der Waals surface area (Å²) < 4.78 is 36.7. The third-order valence-corrected chi connectivity index (χ3v) is 8.99. The van der Waals surface area contributed by atoms with Gasteiger partial charge in [-0.3, -0.25) is 4.79 Å². The van der Waals surface area contributed by atoms with Crippen molar-refractivity contribution in [3.8, 4) is 11.4 Å². The van der Waals surface area contributed by atoms with E-state index in [9.17, 15) is 13.6 Å². The third kappa shape index (κ3) is 3.28. The number of nitrogens with zero attached hydrogens (tertiary/aromatic N) is 2. The normalized spacial score (nSPS) is 30.0. The standard InChI is InChI=1S/C26H26BrF2N3O2/c1-26(2)14-4-3-13(18(26)9-14)12-30-25(33)22-24-23(17-7-5-15(27)10-21(17)34-24)32(31-22)20-8-6-16(28)11-19(20)29/h5-8,10-11,13-14,17-18,21H,3-4,9,12H2,1-2H3,(H,30,33). The molecule has 0 radical (unpaired) electrons. The van der Waals surface area contributed by atoms with Crippen LogP contribution in [0.5, 0.6) is 5.75 Å². The van der Waals surface area contributed by atoms with E-state index in [1.807, 2.05) is 18.2 Å². The lowest BCUT2D eigenvalue weighted by molar-refractivity contribution is -0.103. The Labute approximate surface area is 205 Å². The number of hydrogen-bond donors (Lipinski definition) is 1. The Balaban J connectivity index is 1.32. The average molecular weight is 530 g/mol. The number of rotatable bonds is 4. The lowest BCUT2D eigenvalue weighted by atomic mass is 9.45. The summed E-state index contributed by atoms with van der Waals surface area (Å²) in [6, 6.07) is 3.34. The van der Waals surface area contributed by atoms with Gasteiger partial charge in [-0.15, -0.1) is 0 Å². The highest BCUT2D eigenvalue weighted by molar-refractivity contribution is 9.11. The van der Waals surface area contributed by atoms with E-state index < -0.39 is 11.6 Å². The van der Waals surface area contributed by atoms with Crippen LogP contribution >= 0.6 is 15.9 Å². The van der Waals surface area contributed by atoms with Gasteiger partial charge in [-0.1, -0.05) is 41.9 Å². The number of amides is 1. The van der Waals surface area contributed by atoms with Crippen LogP contribution in [0, 0.1) is 34.8 Å². The Morgan fingerprint density at radius 2 is 2.15 bits per heavy atom. The summed E-state index contributed by atoms with van der Waals surface area (Å²) >= 11 is 3.47. The van der Waals surface area contributed by atoms with Crippen LogP contribution in [0.3, 0.4) is 0 Å². The highest BCUT2D eigenvalue weighted by Gasteiger charge is 2.54. The molecule has 1 aromatic carbocycles. The minimum absolute atomic E-state index is 0.0810. The van der Waals surface area contributed by atoms with Crippen LogP contribution < -0.4 is 10.1 Å². The van der Waals surface area contributed by atoms with Gasteiger partial charge < -0.3 is 10.1 Å². The molecule has 1 N–H and O–H groups in total. The van der Waals surface area contributed by atoms with Crippen LogP contribution in [0.15, 0.2) is 40.9 Å². The summed E-state index contributed by atoms with van der Waals surface area (Å²) in [5.74, 6) is 0.228. The first-order valence-electron chi connectivity index (χ1n) is 11.8. The summed E-state index contributed by atoms with van der Waals surface area (Å²) in [6.07, 6.45) is 8.98. The molecule has 5 atom stereocenters. The van der Waals surface area contributed by atoms with E-state index >= 15 is 0 Å². The molecule has 1 amide bonds. The lowest BCUT2D eigenvalue weighted by Crippen LogP contribution is -2.54. The fourth-order valence-electron chi connectivity index (χ4n) is 6.44. The van der Waals surface area contributed by atoms with Gasteiger partial charge in [0.25, 0.3) is 5.91 Å². The molecule has 178 valence electrons. The van der Waals surface area contributed by atoms with Crippen molar-refractivity contribution < 1.29 is 18.3 Å². The molecule has 1 aliphatic heterocycles. The quantitative estimate of drug-likeness (QED) is 0.557. The molecule has 3 saturated carbocycles. The Morgan fingerprint density at radius 3 is 2.88 bits per heavy atom. The SMILES string of the molecule is CC1(C)C2CCC(CNC(=O)c3nn(-c4ccc(F)cc4F)c4c3OC3C=C(Br)C=CC43)C1C2. The van der Waals surface area contributed by atoms with Gasteiger partial charge in [0.05, 0.1) is 11.6 Å². The second kappa shape index (κ2) is 7.77. The second-order valence-electron chi connectivity index (χ2n) is 10.5. The molecule has 4 aliphatic carbocycles. The number of ether oxygens (including phenoxy) is 1. The van der Waals surface area contributed by atoms with Crippen molar-refractivity contribution in [2.24, 2.45) is 23.2 Å². The fourth-order valence-corrected chi connectivity index (χ4v) is 6.85. The van der Waals surface area contributed by atoms with Crippen molar-refractivity contribution in [3.05, 3.63) is 63.9 Å². The van der Waals surface area contributed by atoms with Gasteiger partial charge in [0.1, 0.15) is 17.6 Å². The minimum atomic E-state index is -0.749. The first-order chi connectivity index (χ1) is 16.2. The van der Waals surface area contributed by atoms with Crippen molar-refractivity contribution in [2.75, 3.05) is 6.54 Å². The molecule has 7 rings (SSSR count). The van der Waals surface area contributed by atoms with Crippen molar-refractivity contribution in [2.45, 2.75) is 45.1 Å². The molecule has 3 fully saturated rings. The third-order valence-electron chi connectivity index (χ3n) is 8.46. The highest BCUT2D eigenvalue weighted by Crippen LogP contribution is 2.61. The number of benzene rings is 1. The van der Waals surface area contributed by atoms with Crippen LogP contribution in [0.1, 0.15) is 55.2 Å². The zero-order valence-corrected chi connectivity index (χ0v) is 20.6. The Bertz CT molecular complexity index is 1250. The molecule has 5 unspecified atom stereocenters. The van der Waals surface area contributed by atoms with Crippen LogP contribution in [0.25, 0.3) is 5.69 Å². The van der Waals surface area contributed by atoms with Gasteiger partial charge in [-0.2, -0.15) is 5.10 Å². The van der Waals surface area contributed by atoms with Crippen molar-refractivity contribution in [1.82, 2.24) is 15.1 Å². The van der Waals surface area contributed by atoms with Gasteiger partial charge in [0, 0.05) is 17.1 Å². The van der Waals surface area contributed by atoms with Gasteiger partial charge in [0.2, 0.25) is 0 Å². The molecule has 8 heteroatoms. The van der Waals surface area contributed by atoms with E-state index in [0.29, 0.717) is 35.2 Å².